The molecule has 2 N–H and O–H groups in total. The molecule has 0 aliphatic carbocycles. The predicted octanol–water partition coefficient (Wildman–Crippen LogP) is 1.79. The quantitative estimate of drug-likeness (QED) is 0.259. The third kappa shape index (κ3) is 8.52. The number of ether oxygens (including phenoxy) is 1. The van der Waals surface area contributed by atoms with E-state index in [1.54, 1.807) is 13.4 Å². The molecule has 0 unspecified atom stereocenters. The van der Waals surface area contributed by atoms with Crippen LogP contribution in [0, 0.1) is 0 Å². The zero-order valence-corrected chi connectivity index (χ0v) is 16.2. The van der Waals surface area contributed by atoms with E-state index in [2.05, 4.69) is 39.7 Å². The van der Waals surface area contributed by atoms with Crippen molar-refractivity contribution in [1.29, 1.82) is 0 Å². The highest BCUT2D eigenvalue weighted by atomic mass is 127. The molecule has 0 saturated heterocycles. The Hall–Kier alpha value is -0.900. The maximum Gasteiger partial charge on any atom is 0.191 e. The first-order valence-electron chi connectivity index (χ1n) is 7.70. The monoisotopic (exact) mass is 424 g/mol. The summed E-state index contributed by atoms with van der Waals surface area (Å²) in [4.78, 5) is 4.19. The van der Waals surface area contributed by atoms with Gasteiger partial charge in [0.1, 0.15) is 6.33 Å². The minimum atomic E-state index is 0. The Morgan fingerprint density at radius 3 is 2.73 bits per heavy atom. The van der Waals surface area contributed by atoms with Gasteiger partial charge >= 0.3 is 0 Å². The van der Waals surface area contributed by atoms with Gasteiger partial charge in [-0.3, -0.25) is 4.99 Å². The Morgan fingerprint density at radius 2 is 2.05 bits per heavy atom. The third-order valence-electron chi connectivity index (χ3n) is 3.07. The highest BCUT2D eigenvalue weighted by Gasteiger charge is 2.03. The number of aliphatic imine (C=N–C) groups is 1. The molecule has 0 amide bonds. The van der Waals surface area contributed by atoms with E-state index in [9.17, 15) is 0 Å². The first-order chi connectivity index (χ1) is 10.3. The number of guanidine groups is 1. The number of aromatic nitrogens is 3. The van der Waals surface area contributed by atoms with Gasteiger partial charge in [-0.05, 0) is 19.8 Å². The molecule has 1 aromatic heterocycles. The normalized spacial score (nSPS) is 11.1. The van der Waals surface area contributed by atoms with Gasteiger partial charge < -0.3 is 19.9 Å². The van der Waals surface area contributed by atoms with Crippen LogP contribution >= 0.6 is 24.0 Å². The van der Waals surface area contributed by atoms with Crippen LogP contribution in [0.2, 0.25) is 0 Å². The summed E-state index contributed by atoms with van der Waals surface area (Å²) in [5.41, 5.74) is 0. The highest BCUT2D eigenvalue weighted by Crippen LogP contribution is 1.94. The summed E-state index contributed by atoms with van der Waals surface area (Å²) in [5.74, 6) is 1.68. The van der Waals surface area contributed by atoms with Gasteiger partial charge in [-0.25, -0.2) is 0 Å². The van der Waals surface area contributed by atoms with Crippen molar-refractivity contribution < 1.29 is 4.74 Å². The summed E-state index contributed by atoms with van der Waals surface area (Å²) in [6.07, 6.45) is 5.02. The molecule has 8 heteroatoms. The van der Waals surface area contributed by atoms with Crippen LogP contribution in [0.25, 0.3) is 0 Å². The van der Waals surface area contributed by atoms with Crippen molar-refractivity contribution in [2.45, 2.75) is 46.2 Å². The van der Waals surface area contributed by atoms with Crippen molar-refractivity contribution >= 4 is 29.9 Å². The van der Waals surface area contributed by atoms with Gasteiger partial charge in [0, 0.05) is 33.4 Å². The fourth-order valence-electron chi connectivity index (χ4n) is 1.79. The lowest BCUT2D eigenvalue weighted by Gasteiger charge is -2.12. The largest absolute Gasteiger partial charge is 0.381 e. The van der Waals surface area contributed by atoms with Crippen molar-refractivity contribution in [1.82, 2.24) is 25.4 Å². The van der Waals surface area contributed by atoms with Gasteiger partial charge in [0.15, 0.2) is 11.8 Å². The predicted molar refractivity (Wildman–Crippen MR) is 99.7 cm³/mol. The SMILES string of the molecule is CCCCOCCCNC(=NC)NCc1nncn1CC.I. The van der Waals surface area contributed by atoms with Crippen molar-refractivity contribution in [3.05, 3.63) is 12.2 Å². The molecule has 0 aromatic carbocycles. The summed E-state index contributed by atoms with van der Waals surface area (Å²) in [6, 6.07) is 0. The van der Waals surface area contributed by atoms with Crippen LogP contribution in [-0.2, 0) is 17.8 Å². The standard InChI is InChI=1S/C14H28N6O.HI/c1-4-6-9-21-10-7-8-16-14(15-3)17-11-13-19-18-12-20(13)5-2;/h12H,4-11H2,1-3H3,(H2,15,16,17);1H. The number of nitrogens with one attached hydrogen (secondary N) is 2. The van der Waals surface area contributed by atoms with Crippen molar-refractivity contribution in [2.75, 3.05) is 26.8 Å². The van der Waals surface area contributed by atoms with Crippen molar-refractivity contribution in [3.63, 3.8) is 0 Å². The molecule has 1 aromatic rings. The average Bonchev–Trinajstić information content (AvgIpc) is 2.97. The molecule has 0 aliphatic rings. The van der Waals surface area contributed by atoms with Crippen molar-refractivity contribution in [3.8, 4) is 0 Å². The van der Waals surface area contributed by atoms with Crippen molar-refractivity contribution in [2.24, 2.45) is 4.99 Å². The molecule has 0 radical (unpaired) electrons. The molecule has 128 valence electrons. The maximum atomic E-state index is 5.52. The van der Waals surface area contributed by atoms with Crippen LogP contribution in [0.3, 0.4) is 0 Å². The number of hydrogen-bond acceptors (Lipinski definition) is 4. The molecule has 22 heavy (non-hydrogen) atoms. The number of halogens is 1. The summed E-state index contributed by atoms with van der Waals surface area (Å²) in [6.45, 7) is 8.20. The summed E-state index contributed by atoms with van der Waals surface area (Å²) in [7, 11) is 1.76. The highest BCUT2D eigenvalue weighted by molar-refractivity contribution is 14.0. The van der Waals surface area contributed by atoms with Crippen LogP contribution < -0.4 is 10.6 Å². The molecule has 0 fully saturated rings. The second kappa shape index (κ2) is 13.7. The molecule has 0 saturated carbocycles. The van der Waals surface area contributed by atoms with Crippen LogP contribution in [0.4, 0.5) is 0 Å². The average molecular weight is 424 g/mol. The molecule has 0 bridgehead atoms. The Kier molecular flexibility index (Phi) is 13.2. The Labute approximate surface area is 150 Å². The second-order valence-electron chi connectivity index (χ2n) is 4.71. The molecule has 1 heterocycles. The van der Waals surface area contributed by atoms with Gasteiger partial charge in [-0.1, -0.05) is 13.3 Å². The summed E-state index contributed by atoms with van der Waals surface area (Å²) < 4.78 is 7.52. The first-order valence-corrected chi connectivity index (χ1v) is 7.70. The van der Waals surface area contributed by atoms with Crippen LogP contribution in [0.1, 0.15) is 38.9 Å². The molecule has 7 nitrogen and oxygen atoms in total. The van der Waals surface area contributed by atoms with E-state index in [0.717, 1.165) is 50.9 Å². The molecule has 0 spiro atoms. The maximum absolute atomic E-state index is 5.52. The van der Waals surface area contributed by atoms with Gasteiger partial charge in [-0.2, -0.15) is 0 Å². The van der Waals surface area contributed by atoms with Gasteiger partial charge in [-0.15, -0.1) is 34.2 Å². The number of unbranched alkanes of at least 4 members (excludes halogenated alkanes) is 1. The lowest BCUT2D eigenvalue weighted by molar-refractivity contribution is 0.129. The first kappa shape index (κ1) is 21.1. The van der Waals surface area contributed by atoms with Crippen LogP contribution in [0.15, 0.2) is 11.3 Å². The van der Waals surface area contributed by atoms with E-state index in [4.69, 9.17) is 4.74 Å². The fraction of sp³-hybridized carbons (Fsp3) is 0.786. The lowest BCUT2D eigenvalue weighted by atomic mass is 10.4. The molecular weight excluding hydrogens is 395 g/mol. The lowest BCUT2D eigenvalue weighted by Crippen LogP contribution is -2.38. The Balaban J connectivity index is 0.00000441. The van der Waals surface area contributed by atoms with E-state index in [1.165, 1.54) is 6.42 Å². The minimum absolute atomic E-state index is 0. The Morgan fingerprint density at radius 1 is 1.27 bits per heavy atom. The van der Waals surface area contributed by atoms with E-state index < -0.39 is 0 Å². The number of rotatable bonds is 10. The van der Waals surface area contributed by atoms with Crippen LogP contribution in [-0.4, -0.2) is 47.5 Å². The molecule has 1 rings (SSSR count). The molecule has 0 aliphatic heterocycles. The van der Waals surface area contributed by atoms with E-state index >= 15 is 0 Å². The van der Waals surface area contributed by atoms with E-state index in [-0.39, 0.29) is 24.0 Å². The molecule has 0 atom stereocenters. The fourth-order valence-corrected chi connectivity index (χ4v) is 1.79. The second-order valence-corrected chi connectivity index (χ2v) is 4.71. The van der Waals surface area contributed by atoms with Gasteiger partial charge in [0.2, 0.25) is 0 Å². The van der Waals surface area contributed by atoms with E-state index in [0.29, 0.717) is 6.54 Å². The zero-order valence-electron chi connectivity index (χ0n) is 13.8. The molecular formula is C14H29IN6O. The van der Waals surface area contributed by atoms with Gasteiger partial charge in [0.25, 0.3) is 0 Å². The third-order valence-corrected chi connectivity index (χ3v) is 3.07. The number of nitrogens with zero attached hydrogens (tertiary/aromatic N) is 4. The van der Waals surface area contributed by atoms with Gasteiger partial charge in [0.05, 0.1) is 6.54 Å². The van der Waals surface area contributed by atoms with E-state index in [1.807, 2.05) is 4.57 Å². The van der Waals surface area contributed by atoms with Crippen LogP contribution in [0.5, 0.6) is 0 Å². The number of hydrogen-bond donors (Lipinski definition) is 2. The summed E-state index contributed by atoms with van der Waals surface area (Å²) in [5, 5.41) is 14.5. The zero-order chi connectivity index (χ0) is 15.3. The summed E-state index contributed by atoms with van der Waals surface area (Å²) >= 11 is 0. The Bertz CT molecular complexity index is 410. The number of aryl methyl sites for hydroxylation is 1. The minimum Gasteiger partial charge on any atom is -0.381 e. The topological polar surface area (TPSA) is 76.4 Å². The smallest absolute Gasteiger partial charge is 0.191 e.